The Morgan fingerprint density at radius 1 is 1.52 bits per heavy atom. The molecule has 3 N–H and O–H groups in total. The van der Waals surface area contributed by atoms with Crippen LogP contribution in [-0.2, 0) is 0 Å². The predicted octanol–water partition coefficient (Wildman–Crippen LogP) is 3.10. The van der Waals surface area contributed by atoms with Gasteiger partial charge in [-0.25, -0.2) is 10.5 Å². The van der Waals surface area contributed by atoms with Gasteiger partial charge in [0.15, 0.2) is 0 Å². The number of H-pyrrole nitrogens is 1. The number of nitriles is 1. The number of hydrazone groups is 1. The van der Waals surface area contributed by atoms with Gasteiger partial charge >= 0.3 is 0 Å². The Bertz CT molecular complexity index is 711. The Labute approximate surface area is 141 Å². The average molecular weight is 432 g/mol. The smallest absolute Gasteiger partial charge is 0.240 e. The number of benzene rings is 1. The summed E-state index contributed by atoms with van der Waals surface area (Å²) in [5.74, 6) is 0.715. The number of aromatic amines is 1. The van der Waals surface area contributed by atoms with E-state index in [9.17, 15) is 5.11 Å². The molecule has 0 aliphatic heterocycles. The van der Waals surface area contributed by atoms with Crippen molar-refractivity contribution in [3.05, 3.63) is 26.6 Å². The van der Waals surface area contributed by atoms with Crippen molar-refractivity contribution in [1.29, 1.82) is 5.26 Å². The molecule has 0 spiro atoms. The number of nitrogens with zero attached hydrogens (tertiary/aromatic N) is 4. The maximum absolute atomic E-state index is 9.86. The summed E-state index contributed by atoms with van der Waals surface area (Å²) in [6.45, 7) is 0. The monoisotopic (exact) mass is 430 g/mol. The highest BCUT2D eigenvalue weighted by Gasteiger charge is 2.06. The minimum atomic E-state index is 0.0894. The number of anilines is 1. The van der Waals surface area contributed by atoms with Gasteiger partial charge in [0.2, 0.25) is 11.1 Å². The quantitative estimate of drug-likeness (QED) is 0.381. The molecule has 0 bridgehead atoms. The van der Waals surface area contributed by atoms with E-state index in [0.29, 0.717) is 21.1 Å². The second-order valence-corrected chi connectivity index (χ2v) is 6.32. The van der Waals surface area contributed by atoms with Crippen molar-refractivity contribution in [2.24, 2.45) is 5.10 Å². The minimum absolute atomic E-state index is 0.0894. The number of aromatic nitrogens is 3. The van der Waals surface area contributed by atoms with Crippen molar-refractivity contribution >= 4 is 55.8 Å². The topological polar surface area (TPSA) is 110 Å². The van der Waals surface area contributed by atoms with Gasteiger partial charge in [0.05, 0.1) is 22.5 Å². The van der Waals surface area contributed by atoms with Crippen LogP contribution < -0.4 is 5.43 Å². The standard InChI is InChI=1S/C11H8Br2N6OS/c12-7-3-6(9(20)8(13)4-7)5-15-17-10-16-11(19-18-10)21-2-1-14/h3-5,20H,2H2,(H2,16,17,18,19)/b15-5+. The molecule has 0 amide bonds. The maximum atomic E-state index is 9.86. The summed E-state index contributed by atoms with van der Waals surface area (Å²) in [5.41, 5.74) is 3.19. The molecule has 2 rings (SSSR count). The van der Waals surface area contributed by atoms with E-state index in [2.05, 4.69) is 57.6 Å². The molecule has 0 fully saturated rings. The van der Waals surface area contributed by atoms with Crippen molar-refractivity contribution < 1.29 is 5.11 Å². The van der Waals surface area contributed by atoms with E-state index in [0.717, 1.165) is 4.47 Å². The molecule has 21 heavy (non-hydrogen) atoms. The Kier molecular flexibility index (Phi) is 5.60. The molecule has 7 nitrogen and oxygen atoms in total. The summed E-state index contributed by atoms with van der Waals surface area (Å²) in [6, 6.07) is 5.44. The fraction of sp³-hybridized carbons (Fsp3) is 0.0909. The number of hydrogen-bond acceptors (Lipinski definition) is 7. The van der Waals surface area contributed by atoms with Crippen molar-refractivity contribution in [3.63, 3.8) is 0 Å². The van der Waals surface area contributed by atoms with Gasteiger partial charge in [0, 0.05) is 10.0 Å². The summed E-state index contributed by atoms with van der Waals surface area (Å²) >= 11 is 7.79. The first-order chi connectivity index (χ1) is 10.1. The van der Waals surface area contributed by atoms with E-state index in [1.165, 1.54) is 18.0 Å². The van der Waals surface area contributed by atoms with E-state index in [1.807, 2.05) is 6.07 Å². The molecule has 0 aliphatic carbocycles. The third-order valence-electron chi connectivity index (χ3n) is 2.16. The fourth-order valence-electron chi connectivity index (χ4n) is 1.31. The zero-order valence-electron chi connectivity index (χ0n) is 10.3. The zero-order chi connectivity index (χ0) is 15.2. The lowest BCUT2D eigenvalue weighted by molar-refractivity contribution is 0.471. The first kappa shape index (κ1) is 15.8. The molecule has 0 aliphatic rings. The Balaban J connectivity index is 2.03. The molecular formula is C11H8Br2N6OS. The summed E-state index contributed by atoms with van der Waals surface area (Å²) in [6.07, 6.45) is 1.45. The SMILES string of the molecule is N#CCSc1n[nH]c(N/N=C/c2cc(Br)cc(Br)c2O)n1. The van der Waals surface area contributed by atoms with Gasteiger partial charge in [-0.05, 0) is 28.1 Å². The maximum Gasteiger partial charge on any atom is 0.240 e. The van der Waals surface area contributed by atoms with Crippen LogP contribution in [0.4, 0.5) is 5.95 Å². The van der Waals surface area contributed by atoms with Gasteiger partial charge in [0.25, 0.3) is 0 Å². The molecule has 1 heterocycles. The Morgan fingerprint density at radius 3 is 3.10 bits per heavy atom. The lowest BCUT2D eigenvalue weighted by atomic mass is 10.2. The van der Waals surface area contributed by atoms with Crippen LogP contribution in [-0.4, -0.2) is 32.3 Å². The Hall–Kier alpha value is -1.57. The first-order valence-corrected chi connectivity index (χ1v) is 8.06. The number of rotatable bonds is 5. The van der Waals surface area contributed by atoms with Crippen LogP contribution >= 0.6 is 43.6 Å². The van der Waals surface area contributed by atoms with E-state index in [4.69, 9.17) is 5.26 Å². The van der Waals surface area contributed by atoms with Crippen molar-refractivity contribution in [3.8, 4) is 11.8 Å². The second-order valence-electron chi connectivity index (χ2n) is 3.61. The molecule has 108 valence electrons. The van der Waals surface area contributed by atoms with Crippen LogP contribution in [0, 0.1) is 11.3 Å². The van der Waals surface area contributed by atoms with Crippen molar-refractivity contribution in [2.75, 3.05) is 11.2 Å². The molecule has 0 unspecified atom stereocenters. The number of nitrogens with one attached hydrogen (secondary N) is 2. The van der Waals surface area contributed by atoms with Gasteiger partial charge < -0.3 is 5.11 Å². The molecule has 10 heteroatoms. The lowest BCUT2D eigenvalue weighted by Crippen LogP contribution is -1.93. The lowest BCUT2D eigenvalue weighted by Gasteiger charge is -2.02. The molecule has 1 aromatic carbocycles. The van der Waals surface area contributed by atoms with Crippen LogP contribution in [0.2, 0.25) is 0 Å². The van der Waals surface area contributed by atoms with Gasteiger partial charge in [-0.2, -0.15) is 15.3 Å². The van der Waals surface area contributed by atoms with Gasteiger partial charge in [-0.1, -0.05) is 27.7 Å². The highest BCUT2D eigenvalue weighted by Crippen LogP contribution is 2.30. The molecule has 1 aromatic heterocycles. The van der Waals surface area contributed by atoms with Crippen LogP contribution in [0.15, 0.2) is 31.3 Å². The van der Waals surface area contributed by atoms with Gasteiger partial charge in [-0.15, -0.1) is 5.10 Å². The number of halogens is 2. The fourth-order valence-corrected chi connectivity index (χ4v) is 3.02. The van der Waals surface area contributed by atoms with Gasteiger partial charge in [0.1, 0.15) is 5.75 Å². The summed E-state index contributed by atoms with van der Waals surface area (Å²) in [4.78, 5) is 4.08. The van der Waals surface area contributed by atoms with Crippen molar-refractivity contribution in [1.82, 2.24) is 15.2 Å². The highest BCUT2D eigenvalue weighted by atomic mass is 79.9. The minimum Gasteiger partial charge on any atom is -0.506 e. The summed E-state index contributed by atoms with van der Waals surface area (Å²) < 4.78 is 1.37. The molecule has 0 saturated carbocycles. The van der Waals surface area contributed by atoms with E-state index in [1.54, 1.807) is 12.1 Å². The normalized spacial score (nSPS) is 10.7. The molecule has 2 aromatic rings. The summed E-state index contributed by atoms with van der Waals surface area (Å²) in [7, 11) is 0. The largest absolute Gasteiger partial charge is 0.506 e. The zero-order valence-corrected chi connectivity index (χ0v) is 14.3. The van der Waals surface area contributed by atoms with E-state index in [-0.39, 0.29) is 11.5 Å². The predicted molar refractivity (Wildman–Crippen MR) is 87.4 cm³/mol. The number of phenols is 1. The third-order valence-corrected chi connectivity index (χ3v) is 3.94. The molecule has 0 saturated heterocycles. The number of thioether (sulfide) groups is 1. The molecule has 0 radical (unpaired) electrons. The van der Waals surface area contributed by atoms with Crippen LogP contribution in [0.5, 0.6) is 5.75 Å². The van der Waals surface area contributed by atoms with E-state index < -0.39 is 0 Å². The highest BCUT2D eigenvalue weighted by molar-refractivity contribution is 9.11. The second kappa shape index (κ2) is 7.44. The first-order valence-electron chi connectivity index (χ1n) is 5.49. The van der Waals surface area contributed by atoms with Gasteiger partial charge in [-0.3, -0.25) is 0 Å². The number of aromatic hydroxyl groups is 1. The van der Waals surface area contributed by atoms with Crippen LogP contribution in [0.3, 0.4) is 0 Å². The Morgan fingerprint density at radius 2 is 2.33 bits per heavy atom. The van der Waals surface area contributed by atoms with Crippen molar-refractivity contribution in [2.45, 2.75) is 5.16 Å². The number of phenolic OH excluding ortho intramolecular Hbond substituents is 1. The molecule has 0 atom stereocenters. The molecular weight excluding hydrogens is 424 g/mol. The van der Waals surface area contributed by atoms with E-state index >= 15 is 0 Å². The van der Waals surface area contributed by atoms with Crippen LogP contribution in [0.25, 0.3) is 0 Å². The summed E-state index contributed by atoms with van der Waals surface area (Å²) in [5, 5.41) is 29.3. The van der Waals surface area contributed by atoms with Crippen LogP contribution in [0.1, 0.15) is 5.56 Å². The average Bonchev–Trinajstić information content (AvgIpc) is 2.89. The number of hydrogen-bond donors (Lipinski definition) is 3. The third kappa shape index (κ3) is 4.45.